The molecule has 4 atom stereocenters. The number of rotatable bonds is 8. The average Bonchev–Trinajstić information content (AvgIpc) is 3.71. The number of likely N-dealkylation sites (tertiary alicyclic amines) is 1. The minimum atomic E-state index is -3.19. The standard InChI is InChI=1S/C31H37F5N2O2.H2/c1-18(2)38-12-10-26(25(34)17-38)40-27-7-4-11-31(35,36)30(27)37-28(39)15-20-5-3-6-24(29(20)19-8-9-19)21-13-22(32)16-23(33)14-21;/h3,5-6,13-14,16,18-19,25-27,30H,4,7-12,15,17H2,1-2H3,(H,37,39);1H/t25-,26-,27+,30-;/m1./s1. The van der Waals surface area contributed by atoms with Gasteiger partial charge in [0, 0.05) is 33.0 Å². The van der Waals surface area contributed by atoms with E-state index in [4.69, 9.17) is 4.74 Å². The molecule has 40 heavy (non-hydrogen) atoms. The van der Waals surface area contributed by atoms with Crippen LogP contribution in [0.1, 0.15) is 70.8 Å². The van der Waals surface area contributed by atoms with Crippen molar-refractivity contribution in [3.05, 3.63) is 59.2 Å². The Bertz CT molecular complexity index is 1200. The molecule has 0 spiro atoms. The lowest BCUT2D eigenvalue weighted by molar-refractivity contribution is -0.166. The number of hydrogen-bond donors (Lipinski definition) is 1. The molecule has 5 rings (SSSR count). The Kier molecular flexibility index (Phi) is 8.53. The molecule has 4 nitrogen and oxygen atoms in total. The highest BCUT2D eigenvalue weighted by molar-refractivity contribution is 5.81. The van der Waals surface area contributed by atoms with Gasteiger partial charge in [-0.1, -0.05) is 18.2 Å². The first-order valence-electron chi connectivity index (χ1n) is 14.3. The van der Waals surface area contributed by atoms with E-state index in [1.165, 1.54) is 12.1 Å². The maximum Gasteiger partial charge on any atom is 0.270 e. The van der Waals surface area contributed by atoms with Crippen LogP contribution >= 0.6 is 0 Å². The Balaban J connectivity index is 0.00000387. The van der Waals surface area contributed by atoms with Gasteiger partial charge < -0.3 is 10.1 Å². The van der Waals surface area contributed by atoms with Crippen molar-refractivity contribution < 1.29 is 32.9 Å². The molecule has 2 aliphatic carbocycles. The van der Waals surface area contributed by atoms with Crippen molar-refractivity contribution in [2.24, 2.45) is 0 Å². The first-order chi connectivity index (χ1) is 19.0. The number of hydrogen-bond acceptors (Lipinski definition) is 3. The van der Waals surface area contributed by atoms with Crippen LogP contribution in [0.4, 0.5) is 22.0 Å². The Labute approximate surface area is 233 Å². The number of benzene rings is 2. The number of alkyl halides is 3. The van der Waals surface area contributed by atoms with E-state index >= 15 is 8.78 Å². The summed E-state index contributed by atoms with van der Waals surface area (Å²) in [6.45, 7) is 4.79. The van der Waals surface area contributed by atoms with Gasteiger partial charge in [-0.05, 0) is 86.3 Å². The second-order valence-corrected chi connectivity index (χ2v) is 11.8. The normalized spacial score (nSPS) is 27.1. The van der Waals surface area contributed by atoms with E-state index in [-0.39, 0.29) is 39.2 Å². The largest absolute Gasteiger partial charge is 0.369 e. The number of nitrogens with one attached hydrogen (secondary N) is 1. The molecule has 1 amide bonds. The van der Waals surface area contributed by atoms with Crippen LogP contribution in [-0.2, 0) is 16.0 Å². The minimum Gasteiger partial charge on any atom is -0.369 e. The second kappa shape index (κ2) is 11.8. The molecule has 2 aromatic rings. The fraction of sp³-hybridized carbons (Fsp3) is 0.581. The van der Waals surface area contributed by atoms with Crippen molar-refractivity contribution >= 4 is 5.91 Å². The van der Waals surface area contributed by atoms with Gasteiger partial charge in [0.1, 0.15) is 23.8 Å². The summed E-state index contributed by atoms with van der Waals surface area (Å²) in [6.07, 6.45) is -0.925. The molecule has 1 N–H and O–H groups in total. The Morgan fingerprint density at radius 1 is 1.10 bits per heavy atom. The SMILES string of the molecule is CC(C)N1CC[C@@H](O[C@H]2CCCC(F)(F)[C@@H]2NC(=O)Cc2cccc(-c3cc(F)cc(F)c3)c2C2CC2)[C@H](F)C1.[HH]. The van der Waals surface area contributed by atoms with Crippen LogP contribution in [0.5, 0.6) is 0 Å². The van der Waals surface area contributed by atoms with Gasteiger partial charge in [-0.15, -0.1) is 0 Å². The molecule has 1 aliphatic heterocycles. The van der Waals surface area contributed by atoms with Gasteiger partial charge in [0.2, 0.25) is 5.91 Å². The third-order valence-electron chi connectivity index (χ3n) is 8.44. The van der Waals surface area contributed by atoms with Crippen LogP contribution in [0.25, 0.3) is 11.1 Å². The Morgan fingerprint density at radius 2 is 1.82 bits per heavy atom. The van der Waals surface area contributed by atoms with E-state index in [1.807, 2.05) is 18.7 Å². The van der Waals surface area contributed by atoms with Crippen LogP contribution < -0.4 is 5.32 Å². The monoisotopic (exact) mass is 566 g/mol. The topological polar surface area (TPSA) is 41.6 Å². The highest BCUT2D eigenvalue weighted by Gasteiger charge is 2.50. The van der Waals surface area contributed by atoms with E-state index in [0.29, 0.717) is 36.1 Å². The fourth-order valence-electron chi connectivity index (χ4n) is 6.21. The van der Waals surface area contributed by atoms with E-state index in [1.54, 1.807) is 18.2 Å². The van der Waals surface area contributed by atoms with Gasteiger partial charge in [-0.2, -0.15) is 0 Å². The zero-order chi connectivity index (χ0) is 28.6. The first kappa shape index (κ1) is 29.0. The summed E-state index contributed by atoms with van der Waals surface area (Å²) in [5, 5.41) is 2.54. The first-order valence-corrected chi connectivity index (χ1v) is 14.3. The summed E-state index contributed by atoms with van der Waals surface area (Å²) in [5.74, 6) is -5.04. The Hall–Kier alpha value is -2.52. The lowest BCUT2D eigenvalue weighted by atomic mass is 9.87. The van der Waals surface area contributed by atoms with Crippen molar-refractivity contribution in [1.82, 2.24) is 10.2 Å². The second-order valence-electron chi connectivity index (χ2n) is 11.8. The average molecular weight is 567 g/mol. The predicted octanol–water partition coefficient (Wildman–Crippen LogP) is 6.81. The molecule has 1 saturated heterocycles. The number of nitrogens with zero attached hydrogens (tertiary/aromatic N) is 1. The number of carbonyl (C=O) groups is 1. The summed E-state index contributed by atoms with van der Waals surface area (Å²) < 4.78 is 79.2. The predicted molar refractivity (Wildman–Crippen MR) is 145 cm³/mol. The number of halogens is 5. The Morgan fingerprint density at radius 3 is 2.48 bits per heavy atom. The quantitative estimate of drug-likeness (QED) is 0.357. The number of piperidine rings is 1. The van der Waals surface area contributed by atoms with Crippen molar-refractivity contribution in [3.8, 4) is 11.1 Å². The van der Waals surface area contributed by atoms with Gasteiger partial charge in [-0.3, -0.25) is 9.69 Å². The molecule has 2 aromatic carbocycles. The van der Waals surface area contributed by atoms with Crippen molar-refractivity contribution in [1.29, 1.82) is 0 Å². The molecule has 220 valence electrons. The molecular formula is C31H39F5N2O2. The molecule has 9 heteroatoms. The van der Waals surface area contributed by atoms with Crippen LogP contribution in [0.2, 0.25) is 0 Å². The summed E-state index contributed by atoms with van der Waals surface area (Å²) >= 11 is 0. The summed E-state index contributed by atoms with van der Waals surface area (Å²) in [6, 6.07) is 7.16. The van der Waals surface area contributed by atoms with Crippen LogP contribution in [0.3, 0.4) is 0 Å². The third-order valence-corrected chi connectivity index (χ3v) is 8.44. The van der Waals surface area contributed by atoms with Crippen molar-refractivity contribution in [2.75, 3.05) is 13.1 Å². The highest BCUT2D eigenvalue weighted by atomic mass is 19.3. The zero-order valence-electron chi connectivity index (χ0n) is 22.9. The van der Waals surface area contributed by atoms with E-state index in [2.05, 4.69) is 5.32 Å². The van der Waals surface area contributed by atoms with E-state index in [9.17, 15) is 18.0 Å². The highest BCUT2D eigenvalue weighted by Crippen LogP contribution is 2.46. The maximum atomic E-state index is 15.1. The lowest BCUT2D eigenvalue weighted by Crippen LogP contribution is -2.59. The van der Waals surface area contributed by atoms with Gasteiger partial charge >= 0.3 is 0 Å². The lowest BCUT2D eigenvalue weighted by Gasteiger charge is -2.42. The van der Waals surface area contributed by atoms with Crippen molar-refractivity contribution in [2.45, 2.75) is 101 Å². The third kappa shape index (κ3) is 6.51. The van der Waals surface area contributed by atoms with Gasteiger partial charge in [0.15, 0.2) is 0 Å². The molecule has 3 aliphatic rings. The maximum absolute atomic E-state index is 15.1. The molecule has 2 saturated carbocycles. The van der Waals surface area contributed by atoms with Gasteiger partial charge in [0.25, 0.3) is 5.92 Å². The molecule has 0 bridgehead atoms. The molecule has 0 unspecified atom stereocenters. The fourth-order valence-corrected chi connectivity index (χ4v) is 6.21. The van der Waals surface area contributed by atoms with Crippen LogP contribution in [0.15, 0.2) is 36.4 Å². The van der Waals surface area contributed by atoms with E-state index in [0.717, 1.165) is 24.5 Å². The molecule has 3 fully saturated rings. The number of ether oxygens (including phenoxy) is 1. The molecule has 1 heterocycles. The molecule has 0 radical (unpaired) electrons. The van der Waals surface area contributed by atoms with Crippen LogP contribution in [-0.4, -0.2) is 60.3 Å². The zero-order valence-corrected chi connectivity index (χ0v) is 22.9. The molecular weight excluding hydrogens is 527 g/mol. The van der Waals surface area contributed by atoms with Gasteiger partial charge in [-0.25, -0.2) is 22.0 Å². The number of amides is 1. The molecule has 0 aromatic heterocycles. The van der Waals surface area contributed by atoms with Crippen molar-refractivity contribution in [3.63, 3.8) is 0 Å². The van der Waals surface area contributed by atoms with E-state index < -0.39 is 47.9 Å². The summed E-state index contributed by atoms with van der Waals surface area (Å²) in [4.78, 5) is 15.2. The number of carbonyl (C=O) groups excluding carboxylic acids is 1. The van der Waals surface area contributed by atoms with Gasteiger partial charge in [0.05, 0.1) is 18.6 Å². The summed E-state index contributed by atoms with van der Waals surface area (Å²) in [7, 11) is 0. The smallest absolute Gasteiger partial charge is 0.270 e. The minimum absolute atomic E-state index is 0. The van der Waals surface area contributed by atoms with Crippen LogP contribution in [0, 0.1) is 11.6 Å². The summed E-state index contributed by atoms with van der Waals surface area (Å²) in [5.41, 5.74) is 2.47.